The second-order valence-electron chi connectivity index (χ2n) is 6.59. The lowest BCUT2D eigenvalue weighted by Gasteiger charge is -2.35. The molecule has 1 aliphatic heterocycles. The Morgan fingerprint density at radius 1 is 1.44 bits per heavy atom. The highest BCUT2D eigenvalue weighted by molar-refractivity contribution is 5.93. The first-order chi connectivity index (χ1) is 11.9. The molecule has 1 amide bonds. The molecule has 1 aliphatic rings. The number of anilines is 1. The Kier molecular flexibility index (Phi) is 5.14. The van der Waals surface area contributed by atoms with Crippen molar-refractivity contribution in [2.45, 2.75) is 45.8 Å². The standard InChI is InChI=1S/C16H24N6O3/c1-9(2)14-18-15(20-19-14)12-8-22(5-6-24-12)11(4)16(23)17-13-7-10(3)21-25-13/h7,9,11-12H,5-6,8H2,1-4H3,(H,17,23)(H,18,19,20)/t11-,12+/m0/s1. The van der Waals surface area contributed by atoms with Crippen LogP contribution in [0.5, 0.6) is 0 Å². The molecule has 2 aromatic rings. The lowest BCUT2D eigenvalue weighted by molar-refractivity contribution is -0.124. The molecular formula is C16H24N6O3. The molecule has 0 saturated carbocycles. The smallest absolute Gasteiger partial charge is 0.243 e. The normalized spacial score (nSPS) is 20.0. The van der Waals surface area contributed by atoms with Gasteiger partial charge in [-0.2, -0.15) is 5.10 Å². The number of ether oxygens (including phenoxy) is 1. The van der Waals surface area contributed by atoms with E-state index in [4.69, 9.17) is 9.26 Å². The van der Waals surface area contributed by atoms with Crippen molar-refractivity contribution in [3.8, 4) is 0 Å². The average molecular weight is 348 g/mol. The summed E-state index contributed by atoms with van der Waals surface area (Å²) in [6.45, 7) is 9.51. The molecule has 1 fully saturated rings. The van der Waals surface area contributed by atoms with Crippen LogP contribution in [-0.2, 0) is 9.53 Å². The minimum atomic E-state index is -0.329. The van der Waals surface area contributed by atoms with Crippen LogP contribution in [0.2, 0.25) is 0 Å². The molecule has 9 nitrogen and oxygen atoms in total. The van der Waals surface area contributed by atoms with Crippen LogP contribution in [0.1, 0.15) is 50.1 Å². The van der Waals surface area contributed by atoms with Crippen LogP contribution in [0.4, 0.5) is 5.88 Å². The van der Waals surface area contributed by atoms with Gasteiger partial charge in [0.05, 0.1) is 18.3 Å². The number of carbonyl (C=O) groups excluding carboxylic acids is 1. The number of aromatic amines is 1. The van der Waals surface area contributed by atoms with Crippen molar-refractivity contribution in [3.05, 3.63) is 23.4 Å². The Hall–Kier alpha value is -2.26. The molecule has 9 heteroatoms. The van der Waals surface area contributed by atoms with Crippen molar-refractivity contribution >= 4 is 11.8 Å². The second-order valence-corrected chi connectivity index (χ2v) is 6.59. The van der Waals surface area contributed by atoms with Crippen LogP contribution in [0.15, 0.2) is 10.6 Å². The van der Waals surface area contributed by atoms with Gasteiger partial charge >= 0.3 is 0 Å². The van der Waals surface area contributed by atoms with Gasteiger partial charge in [0.25, 0.3) is 0 Å². The minimum Gasteiger partial charge on any atom is -0.368 e. The number of aromatic nitrogens is 4. The van der Waals surface area contributed by atoms with E-state index in [1.807, 2.05) is 20.8 Å². The fourth-order valence-corrected chi connectivity index (χ4v) is 2.69. The third-order valence-corrected chi connectivity index (χ3v) is 4.24. The number of rotatable bonds is 5. The van der Waals surface area contributed by atoms with Crippen LogP contribution in [0.25, 0.3) is 0 Å². The largest absolute Gasteiger partial charge is 0.368 e. The van der Waals surface area contributed by atoms with E-state index in [0.717, 1.165) is 11.5 Å². The molecule has 0 unspecified atom stereocenters. The predicted molar refractivity (Wildman–Crippen MR) is 90.1 cm³/mol. The molecule has 0 spiro atoms. The molecule has 2 N–H and O–H groups in total. The van der Waals surface area contributed by atoms with Crippen molar-refractivity contribution in [1.82, 2.24) is 25.2 Å². The Morgan fingerprint density at radius 2 is 2.24 bits per heavy atom. The maximum atomic E-state index is 12.4. The summed E-state index contributed by atoms with van der Waals surface area (Å²) in [5, 5.41) is 13.7. The first-order valence-electron chi connectivity index (χ1n) is 8.46. The maximum absolute atomic E-state index is 12.4. The topological polar surface area (TPSA) is 109 Å². The second kappa shape index (κ2) is 7.32. The van der Waals surface area contributed by atoms with E-state index < -0.39 is 0 Å². The number of morpholine rings is 1. The minimum absolute atomic E-state index is 0.141. The number of nitrogens with zero attached hydrogens (tertiary/aromatic N) is 4. The number of nitrogens with one attached hydrogen (secondary N) is 2. The zero-order valence-corrected chi connectivity index (χ0v) is 14.9. The molecule has 2 atom stereocenters. The monoisotopic (exact) mass is 348 g/mol. The Balaban J connectivity index is 1.62. The summed E-state index contributed by atoms with van der Waals surface area (Å²) < 4.78 is 10.8. The van der Waals surface area contributed by atoms with Gasteiger partial charge < -0.3 is 9.26 Å². The quantitative estimate of drug-likeness (QED) is 0.845. The van der Waals surface area contributed by atoms with E-state index >= 15 is 0 Å². The van der Waals surface area contributed by atoms with Crippen LogP contribution in [-0.4, -0.2) is 56.9 Å². The summed E-state index contributed by atoms with van der Waals surface area (Å²) >= 11 is 0. The number of H-pyrrole nitrogens is 1. The van der Waals surface area contributed by atoms with E-state index in [1.54, 1.807) is 13.0 Å². The third kappa shape index (κ3) is 4.05. The highest BCUT2D eigenvalue weighted by Gasteiger charge is 2.31. The highest BCUT2D eigenvalue weighted by Crippen LogP contribution is 2.22. The molecule has 0 aromatic carbocycles. The van der Waals surface area contributed by atoms with Crippen molar-refractivity contribution in [3.63, 3.8) is 0 Å². The molecule has 1 saturated heterocycles. The van der Waals surface area contributed by atoms with E-state index in [9.17, 15) is 4.79 Å². The lowest BCUT2D eigenvalue weighted by atomic mass is 10.2. The average Bonchev–Trinajstić information content (AvgIpc) is 3.23. The van der Waals surface area contributed by atoms with Crippen LogP contribution < -0.4 is 5.32 Å². The van der Waals surface area contributed by atoms with Gasteiger partial charge in [0.2, 0.25) is 11.8 Å². The highest BCUT2D eigenvalue weighted by atomic mass is 16.5. The summed E-state index contributed by atoms with van der Waals surface area (Å²) in [5.41, 5.74) is 0.723. The number of amides is 1. The first-order valence-corrected chi connectivity index (χ1v) is 8.46. The predicted octanol–water partition coefficient (Wildman–Crippen LogP) is 1.63. The van der Waals surface area contributed by atoms with Gasteiger partial charge in [-0.3, -0.25) is 20.1 Å². The molecule has 2 aromatic heterocycles. The number of aryl methyl sites for hydroxylation is 1. The van der Waals surface area contributed by atoms with Gasteiger partial charge in [-0.05, 0) is 13.8 Å². The van der Waals surface area contributed by atoms with Crippen molar-refractivity contribution < 1.29 is 14.1 Å². The zero-order chi connectivity index (χ0) is 18.0. The van der Waals surface area contributed by atoms with Gasteiger partial charge in [-0.1, -0.05) is 19.0 Å². The van der Waals surface area contributed by atoms with Crippen LogP contribution in [0, 0.1) is 6.92 Å². The Bertz CT molecular complexity index is 725. The van der Waals surface area contributed by atoms with E-state index in [-0.39, 0.29) is 24.0 Å². The summed E-state index contributed by atoms with van der Waals surface area (Å²) in [5.74, 6) is 1.93. The van der Waals surface area contributed by atoms with Crippen LogP contribution >= 0.6 is 0 Å². The molecule has 0 radical (unpaired) electrons. The summed E-state index contributed by atoms with van der Waals surface area (Å²) in [4.78, 5) is 19.0. The maximum Gasteiger partial charge on any atom is 0.243 e. The van der Waals surface area contributed by atoms with Gasteiger partial charge in [0, 0.05) is 25.1 Å². The van der Waals surface area contributed by atoms with E-state index in [0.29, 0.717) is 31.4 Å². The first kappa shape index (κ1) is 17.6. The Morgan fingerprint density at radius 3 is 2.88 bits per heavy atom. The summed E-state index contributed by atoms with van der Waals surface area (Å²) in [6, 6.07) is 1.36. The van der Waals surface area contributed by atoms with E-state index in [1.165, 1.54) is 0 Å². The molecule has 0 bridgehead atoms. The number of hydrogen-bond acceptors (Lipinski definition) is 7. The molecule has 136 valence electrons. The van der Waals surface area contributed by atoms with Crippen LogP contribution in [0.3, 0.4) is 0 Å². The Labute approximate surface area is 146 Å². The van der Waals surface area contributed by atoms with Crippen molar-refractivity contribution in [1.29, 1.82) is 0 Å². The van der Waals surface area contributed by atoms with Gasteiger partial charge in [0.15, 0.2) is 11.6 Å². The molecule has 3 heterocycles. The van der Waals surface area contributed by atoms with Gasteiger partial charge in [-0.25, -0.2) is 4.98 Å². The number of carbonyl (C=O) groups is 1. The van der Waals surface area contributed by atoms with Gasteiger partial charge in [-0.15, -0.1) is 0 Å². The third-order valence-electron chi connectivity index (χ3n) is 4.24. The zero-order valence-electron chi connectivity index (χ0n) is 14.9. The molecular weight excluding hydrogens is 324 g/mol. The van der Waals surface area contributed by atoms with Crippen molar-refractivity contribution in [2.75, 3.05) is 25.0 Å². The van der Waals surface area contributed by atoms with Gasteiger partial charge in [0.1, 0.15) is 6.10 Å². The summed E-state index contributed by atoms with van der Waals surface area (Å²) in [7, 11) is 0. The SMILES string of the molecule is Cc1cc(NC(=O)[C@H](C)N2CCO[C@@H](c3nc(C(C)C)n[nH]3)C2)on1. The van der Waals surface area contributed by atoms with Crippen molar-refractivity contribution in [2.24, 2.45) is 0 Å². The fraction of sp³-hybridized carbons (Fsp3) is 0.625. The van der Waals surface area contributed by atoms with E-state index in [2.05, 4.69) is 30.6 Å². The number of hydrogen-bond donors (Lipinski definition) is 2. The molecule has 3 rings (SSSR count). The fourth-order valence-electron chi connectivity index (χ4n) is 2.69. The summed E-state index contributed by atoms with van der Waals surface area (Å²) in [6.07, 6.45) is -0.225. The molecule has 0 aliphatic carbocycles. The lowest BCUT2D eigenvalue weighted by Crippen LogP contribution is -2.48. The molecule has 25 heavy (non-hydrogen) atoms.